The number of hydrogen-bond acceptors (Lipinski definition) is 10. The average molecular weight is 588 g/mol. The maximum Gasteiger partial charge on any atom is 0.513 e. The van der Waals surface area contributed by atoms with Gasteiger partial charge in [-0.15, -0.1) is 0 Å². The van der Waals surface area contributed by atoms with Crippen molar-refractivity contribution in [2.45, 2.75) is 59.4 Å². The van der Waals surface area contributed by atoms with Gasteiger partial charge in [0, 0.05) is 5.92 Å². The van der Waals surface area contributed by atoms with Crippen LogP contribution in [-0.2, 0) is 19.0 Å². The molecule has 5 atom stereocenters. The van der Waals surface area contributed by atoms with E-state index >= 15 is 0 Å². The van der Waals surface area contributed by atoms with Crippen LogP contribution in [0.3, 0.4) is 0 Å². The Labute approximate surface area is 246 Å². The first-order valence-corrected chi connectivity index (χ1v) is 14.0. The summed E-state index contributed by atoms with van der Waals surface area (Å²) in [5, 5.41) is 9.75. The first kappa shape index (κ1) is 34.1. The van der Waals surface area contributed by atoms with E-state index in [0.29, 0.717) is 11.1 Å². The van der Waals surface area contributed by atoms with Crippen LogP contribution in [0.1, 0.15) is 69.3 Å². The van der Waals surface area contributed by atoms with Crippen LogP contribution in [0.25, 0.3) is 0 Å². The summed E-state index contributed by atoms with van der Waals surface area (Å²) in [5.41, 5.74) is 6.77. The van der Waals surface area contributed by atoms with Gasteiger partial charge in [0.15, 0.2) is 11.5 Å². The lowest BCUT2D eigenvalue weighted by atomic mass is 9.82. The summed E-state index contributed by atoms with van der Waals surface area (Å²) in [6, 6.07) is 11.1. The van der Waals surface area contributed by atoms with Crippen molar-refractivity contribution in [1.29, 1.82) is 0 Å². The second-order valence-electron chi connectivity index (χ2n) is 10.4. The van der Waals surface area contributed by atoms with Crippen LogP contribution < -0.4 is 15.2 Å². The number of carbonyl (C=O) groups is 4. The summed E-state index contributed by atoms with van der Waals surface area (Å²) in [7, 11) is 0. The fraction of sp³-hybridized carbons (Fsp3) is 0.484. The molecule has 2 aromatic rings. The number of benzene rings is 2. The van der Waals surface area contributed by atoms with Crippen molar-refractivity contribution in [1.82, 2.24) is 0 Å². The summed E-state index contributed by atoms with van der Waals surface area (Å²) >= 11 is 0. The van der Waals surface area contributed by atoms with Gasteiger partial charge >= 0.3 is 24.2 Å². The van der Waals surface area contributed by atoms with E-state index in [2.05, 4.69) is 0 Å². The highest BCUT2D eigenvalue weighted by molar-refractivity contribution is 5.89. The molecule has 0 fully saturated rings. The van der Waals surface area contributed by atoms with Crippen molar-refractivity contribution in [3.05, 3.63) is 59.7 Å². The molecule has 0 radical (unpaired) electrons. The van der Waals surface area contributed by atoms with Gasteiger partial charge in [0.25, 0.3) is 0 Å². The van der Waals surface area contributed by atoms with Crippen LogP contribution in [0.5, 0.6) is 11.5 Å². The molecule has 0 saturated carbocycles. The molecule has 0 aromatic heterocycles. The zero-order chi connectivity index (χ0) is 31.2. The van der Waals surface area contributed by atoms with Gasteiger partial charge < -0.3 is 34.5 Å². The van der Waals surface area contributed by atoms with E-state index in [9.17, 15) is 24.3 Å². The molecule has 0 aliphatic carbocycles. The van der Waals surface area contributed by atoms with E-state index in [0.717, 1.165) is 12.8 Å². The Bertz CT molecular complexity index is 1190. The summed E-state index contributed by atoms with van der Waals surface area (Å²) < 4.78 is 26.5. The molecule has 0 aliphatic rings. The zero-order valence-electron chi connectivity index (χ0n) is 24.7. The number of carboxylic acids is 1. The lowest BCUT2D eigenvalue weighted by molar-refractivity contribution is -0.139. The van der Waals surface area contributed by atoms with Gasteiger partial charge in [-0.3, -0.25) is 4.79 Å². The normalized spacial score (nSPS) is 14.4. The van der Waals surface area contributed by atoms with E-state index in [1.807, 2.05) is 27.7 Å². The van der Waals surface area contributed by atoms with Crippen molar-refractivity contribution < 1.29 is 48.0 Å². The Morgan fingerprint density at radius 2 is 1.31 bits per heavy atom. The molecule has 0 aliphatic heterocycles. The summed E-state index contributed by atoms with van der Waals surface area (Å²) in [6.45, 7) is 9.50. The van der Waals surface area contributed by atoms with Crippen molar-refractivity contribution in [2.75, 3.05) is 19.8 Å². The summed E-state index contributed by atoms with van der Waals surface area (Å²) in [4.78, 5) is 49.3. The highest BCUT2D eigenvalue weighted by Gasteiger charge is 2.33. The van der Waals surface area contributed by atoms with Gasteiger partial charge in [0.1, 0.15) is 6.04 Å². The van der Waals surface area contributed by atoms with Crippen molar-refractivity contribution in [3.63, 3.8) is 0 Å². The second kappa shape index (κ2) is 17.0. The van der Waals surface area contributed by atoms with Gasteiger partial charge in [-0.05, 0) is 47.6 Å². The second-order valence-corrected chi connectivity index (χ2v) is 10.4. The predicted octanol–water partition coefficient (Wildman–Crippen LogP) is 5.80. The fourth-order valence-electron chi connectivity index (χ4n) is 3.80. The zero-order valence-corrected chi connectivity index (χ0v) is 24.7. The van der Waals surface area contributed by atoms with E-state index in [1.165, 1.54) is 18.2 Å². The Morgan fingerprint density at radius 3 is 1.83 bits per heavy atom. The molecule has 230 valence electrons. The Kier molecular flexibility index (Phi) is 13.8. The predicted molar refractivity (Wildman–Crippen MR) is 154 cm³/mol. The quantitative estimate of drug-likeness (QED) is 0.147. The third-order valence-electron chi connectivity index (χ3n) is 6.88. The molecule has 3 N–H and O–H groups in total. The molecule has 0 saturated heterocycles. The van der Waals surface area contributed by atoms with Crippen molar-refractivity contribution >= 4 is 24.2 Å². The number of esters is 1. The Morgan fingerprint density at radius 1 is 0.762 bits per heavy atom. The molecule has 42 heavy (non-hydrogen) atoms. The molecule has 0 bridgehead atoms. The van der Waals surface area contributed by atoms with Gasteiger partial charge in [-0.2, -0.15) is 0 Å². The van der Waals surface area contributed by atoms with Crippen LogP contribution in [0, 0.1) is 17.8 Å². The topological polar surface area (TPSA) is 161 Å². The Balaban J connectivity index is 2.35. The van der Waals surface area contributed by atoms with Gasteiger partial charge in [-0.1, -0.05) is 71.7 Å². The number of ether oxygens (including phenoxy) is 5. The highest BCUT2D eigenvalue weighted by atomic mass is 16.7. The molecule has 0 spiro atoms. The molecule has 2 rings (SSSR count). The van der Waals surface area contributed by atoms with Crippen molar-refractivity contribution in [3.8, 4) is 11.5 Å². The van der Waals surface area contributed by atoms with Crippen LogP contribution in [0.15, 0.2) is 48.5 Å². The summed E-state index contributed by atoms with van der Waals surface area (Å²) in [6.07, 6.45) is -0.460. The lowest BCUT2D eigenvalue weighted by Crippen LogP contribution is -2.40. The molecule has 11 nitrogen and oxygen atoms in total. The number of nitrogens with two attached hydrogens (primary N) is 1. The standard InChI is InChI=1S/C31H41NO10/c1-6-19(3)16-39-30(36)41-24-14-13-23(15-25(24)42-31(37)40-17-20(4)7-2)26(27(32)28(33)34)21(5)18-38-29(35)22-11-9-8-10-12-22/h8-15,19-21,26-27H,6-7,16-18,32H2,1-5H3,(H,33,34)/t19?,20?,21?,26?,27-/m0/s1. The largest absolute Gasteiger partial charge is 0.513 e. The molecule has 4 unspecified atom stereocenters. The van der Waals surface area contributed by atoms with Crippen LogP contribution in [-0.4, -0.2) is 55.2 Å². The highest BCUT2D eigenvalue weighted by Crippen LogP contribution is 2.36. The number of hydrogen-bond donors (Lipinski definition) is 2. The minimum atomic E-state index is -1.41. The molecule has 2 aromatic carbocycles. The number of aliphatic carboxylic acids is 1. The number of rotatable bonds is 15. The third-order valence-corrected chi connectivity index (χ3v) is 6.88. The van der Waals surface area contributed by atoms with E-state index in [-0.39, 0.29) is 43.2 Å². The molecular formula is C31H41NO10. The Hall–Kier alpha value is -4.12. The third kappa shape index (κ3) is 10.7. The SMILES string of the molecule is CCC(C)COC(=O)Oc1ccc(C(C(C)COC(=O)c2ccccc2)[C@H](N)C(=O)O)cc1OC(=O)OCC(C)CC. The minimum absolute atomic E-state index is 0.0903. The summed E-state index contributed by atoms with van der Waals surface area (Å²) in [5.74, 6) is -3.47. The van der Waals surface area contributed by atoms with Crippen LogP contribution in [0.4, 0.5) is 9.59 Å². The molecular weight excluding hydrogens is 546 g/mol. The van der Waals surface area contributed by atoms with Crippen LogP contribution in [0.2, 0.25) is 0 Å². The number of carbonyl (C=O) groups excluding carboxylic acids is 3. The first-order valence-electron chi connectivity index (χ1n) is 14.0. The van der Waals surface area contributed by atoms with Crippen molar-refractivity contribution in [2.24, 2.45) is 23.5 Å². The van der Waals surface area contributed by atoms with Crippen LogP contribution >= 0.6 is 0 Å². The van der Waals surface area contributed by atoms with Gasteiger partial charge in [0.05, 0.1) is 25.4 Å². The van der Waals surface area contributed by atoms with Gasteiger partial charge in [0.2, 0.25) is 0 Å². The van der Waals surface area contributed by atoms with E-state index in [4.69, 9.17) is 29.4 Å². The monoisotopic (exact) mass is 587 g/mol. The maximum absolute atomic E-state index is 12.5. The lowest BCUT2D eigenvalue weighted by Gasteiger charge is -2.28. The molecule has 0 amide bonds. The smallest absolute Gasteiger partial charge is 0.480 e. The number of carboxylic acid groups (broad SMARTS) is 1. The average Bonchev–Trinajstić information content (AvgIpc) is 2.98. The van der Waals surface area contributed by atoms with E-state index < -0.39 is 42.1 Å². The van der Waals surface area contributed by atoms with E-state index in [1.54, 1.807) is 37.3 Å². The van der Waals surface area contributed by atoms with Gasteiger partial charge in [-0.25, -0.2) is 14.4 Å². The minimum Gasteiger partial charge on any atom is -0.480 e. The maximum atomic E-state index is 12.5. The molecule has 0 heterocycles. The molecule has 11 heteroatoms. The first-order chi connectivity index (χ1) is 20.0. The fourth-order valence-corrected chi connectivity index (χ4v) is 3.80.